The van der Waals surface area contributed by atoms with Crippen LogP contribution in [0.1, 0.15) is 23.2 Å². The van der Waals surface area contributed by atoms with Gasteiger partial charge in [-0.15, -0.1) is 0 Å². The average Bonchev–Trinajstić information content (AvgIpc) is 2.65. The van der Waals surface area contributed by atoms with Crippen molar-refractivity contribution < 1.29 is 23.8 Å². The van der Waals surface area contributed by atoms with E-state index in [0.717, 1.165) is 0 Å². The maximum atomic E-state index is 12.1. The average molecular weight is 343 g/mol. The van der Waals surface area contributed by atoms with Gasteiger partial charge in [-0.2, -0.15) is 0 Å². The van der Waals surface area contributed by atoms with Crippen LogP contribution in [-0.2, 0) is 9.53 Å². The number of hydrogen-bond acceptors (Lipinski definition) is 5. The summed E-state index contributed by atoms with van der Waals surface area (Å²) in [5.74, 6) is 0.607. The molecule has 1 N–H and O–H groups in total. The molecule has 2 rings (SSSR count). The summed E-state index contributed by atoms with van der Waals surface area (Å²) in [6.07, 6.45) is 0.801. The van der Waals surface area contributed by atoms with Crippen LogP contribution in [0.2, 0.25) is 0 Å². The Labute approximate surface area is 146 Å². The van der Waals surface area contributed by atoms with Crippen molar-refractivity contribution >= 4 is 17.6 Å². The standard InChI is InChI=1S/C19H21NO5/c1-23-16-10-5-6-11-17(16)25-13-7-12-18(21)20-15-9-4-3-8-14(15)19(22)24-2/h3-6,8-11H,7,12-13H2,1-2H3,(H,20,21). The van der Waals surface area contributed by atoms with Gasteiger partial charge in [0.2, 0.25) is 5.91 Å². The number of hydrogen-bond donors (Lipinski definition) is 1. The minimum atomic E-state index is -0.490. The molecule has 0 aliphatic heterocycles. The SMILES string of the molecule is COC(=O)c1ccccc1NC(=O)CCCOc1ccccc1OC. The molecule has 6 nitrogen and oxygen atoms in total. The van der Waals surface area contributed by atoms with Gasteiger partial charge in [0.15, 0.2) is 11.5 Å². The second-order valence-corrected chi connectivity index (χ2v) is 5.19. The van der Waals surface area contributed by atoms with Crippen molar-refractivity contribution in [2.24, 2.45) is 0 Å². The van der Waals surface area contributed by atoms with Crippen LogP contribution in [0.15, 0.2) is 48.5 Å². The highest BCUT2D eigenvalue weighted by Gasteiger charge is 2.13. The van der Waals surface area contributed by atoms with E-state index in [2.05, 4.69) is 5.32 Å². The van der Waals surface area contributed by atoms with Crippen molar-refractivity contribution in [2.45, 2.75) is 12.8 Å². The summed E-state index contributed by atoms with van der Waals surface area (Å²) >= 11 is 0. The molecule has 0 spiro atoms. The first-order valence-electron chi connectivity index (χ1n) is 7.88. The van der Waals surface area contributed by atoms with Crippen LogP contribution in [0, 0.1) is 0 Å². The summed E-state index contributed by atoms with van der Waals surface area (Å²) in [5.41, 5.74) is 0.758. The lowest BCUT2D eigenvalue weighted by atomic mass is 10.1. The lowest BCUT2D eigenvalue weighted by molar-refractivity contribution is -0.116. The Kier molecular flexibility index (Phi) is 6.83. The van der Waals surface area contributed by atoms with E-state index >= 15 is 0 Å². The highest BCUT2D eigenvalue weighted by Crippen LogP contribution is 2.25. The predicted molar refractivity (Wildman–Crippen MR) is 94.1 cm³/mol. The molecule has 0 aliphatic rings. The van der Waals surface area contributed by atoms with Crippen molar-refractivity contribution in [1.82, 2.24) is 0 Å². The third-order valence-corrected chi connectivity index (χ3v) is 3.48. The third-order valence-electron chi connectivity index (χ3n) is 3.48. The van der Waals surface area contributed by atoms with Crippen LogP contribution in [0.3, 0.4) is 0 Å². The lowest BCUT2D eigenvalue weighted by Gasteiger charge is -2.11. The number of rotatable bonds is 8. The summed E-state index contributed by atoms with van der Waals surface area (Å²) in [6, 6.07) is 14.1. The van der Waals surface area contributed by atoms with E-state index in [9.17, 15) is 9.59 Å². The van der Waals surface area contributed by atoms with Crippen LogP contribution in [0.5, 0.6) is 11.5 Å². The zero-order valence-corrected chi connectivity index (χ0v) is 14.3. The molecule has 2 aromatic rings. The van der Waals surface area contributed by atoms with Gasteiger partial charge in [0.25, 0.3) is 0 Å². The van der Waals surface area contributed by atoms with Crippen LogP contribution in [-0.4, -0.2) is 32.7 Å². The molecule has 2 aromatic carbocycles. The van der Waals surface area contributed by atoms with Crippen molar-refractivity contribution in [3.63, 3.8) is 0 Å². The van der Waals surface area contributed by atoms with Gasteiger partial charge in [-0.1, -0.05) is 24.3 Å². The normalized spacial score (nSPS) is 10.0. The first kappa shape index (κ1) is 18.3. The molecule has 1 amide bonds. The molecule has 0 fully saturated rings. The number of anilines is 1. The Morgan fingerprint density at radius 3 is 2.36 bits per heavy atom. The highest BCUT2D eigenvalue weighted by molar-refractivity contribution is 6.01. The molecular weight excluding hydrogens is 322 g/mol. The minimum Gasteiger partial charge on any atom is -0.493 e. The Morgan fingerprint density at radius 1 is 0.960 bits per heavy atom. The third kappa shape index (κ3) is 5.24. The van der Waals surface area contributed by atoms with Crippen molar-refractivity contribution in [2.75, 3.05) is 26.1 Å². The Balaban J connectivity index is 1.83. The molecule has 0 aromatic heterocycles. The quantitative estimate of drug-likeness (QED) is 0.588. The van der Waals surface area contributed by atoms with Gasteiger partial charge in [0.05, 0.1) is 32.1 Å². The Bertz CT molecular complexity index is 729. The van der Waals surface area contributed by atoms with Gasteiger partial charge < -0.3 is 19.5 Å². The molecule has 0 saturated carbocycles. The molecule has 0 aliphatic carbocycles. The Hall–Kier alpha value is -3.02. The van der Waals surface area contributed by atoms with Crippen molar-refractivity contribution in [1.29, 1.82) is 0 Å². The highest BCUT2D eigenvalue weighted by atomic mass is 16.5. The second-order valence-electron chi connectivity index (χ2n) is 5.19. The van der Waals surface area contributed by atoms with E-state index in [1.165, 1.54) is 7.11 Å². The number of esters is 1. The molecule has 0 heterocycles. The molecule has 6 heteroatoms. The summed E-state index contributed by atoms with van der Waals surface area (Å²) in [7, 11) is 2.88. The fourth-order valence-corrected chi connectivity index (χ4v) is 2.25. The monoisotopic (exact) mass is 343 g/mol. The first-order valence-corrected chi connectivity index (χ1v) is 7.88. The molecule has 0 atom stereocenters. The van der Waals surface area contributed by atoms with Gasteiger partial charge in [-0.3, -0.25) is 4.79 Å². The molecular formula is C19H21NO5. The Morgan fingerprint density at radius 2 is 1.64 bits per heavy atom. The largest absolute Gasteiger partial charge is 0.493 e. The van der Waals surface area contributed by atoms with Gasteiger partial charge in [0, 0.05) is 6.42 Å². The van der Waals surface area contributed by atoms with Crippen LogP contribution in [0.4, 0.5) is 5.69 Å². The number of para-hydroxylation sites is 3. The second kappa shape index (κ2) is 9.32. The predicted octanol–water partition coefficient (Wildman–Crippen LogP) is 3.28. The number of amides is 1. The van der Waals surface area contributed by atoms with E-state index in [1.54, 1.807) is 31.4 Å². The smallest absolute Gasteiger partial charge is 0.339 e. The topological polar surface area (TPSA) is 73.9 Å². The maximum absolute atomic E-state index is 12.1. The van der Waals surface area contributed by atoms with Gasteiger partial charge >= 0.3 is 5.97 Å². The number of methoxy groups -OCH3 is 2. The van der Waals surface area contributed by atoms with E-state index in [0.29, 0.717) is 35.8 Å². The molecule has 0 radical (unpaired) electrons. The number of carbonyl (C=O) groups is 2. The van der Waals surface area contributed by atoms with Gasteiger partial charge in [-0.25, -0.2) is 4.79 Å². The van der Waals surface area contributed by atoms with Crippen LogP contribution in [0.25, 0.3) is 0 Å². The molecule has 0 unspecified atom stereocenters. The minimum absolute atomic E-state index is 0.194. The van der Waals surface area contributed by atoms with E-state index in [-0.39, 0.29) is 12.3 Å². The molecule has 0 saturated heterocycles. The van der Waals surface area contributed by atoms with Gasteiger partial charge in [-0.05, 0) is 30.7 Å². The first-order chi connectivity index (χ1) is 12.2. The summed E-state index contributed by atoms with van der Waals surface area (Å²) < 4.78 is 15.5. The van der Waals surface area contributed by atoms with Crippen molar-refractivity contribution in [3.8, 4) is 11.5 Å². The summed E-state index contributed by atoms with van der Waals surface area (Å²) in [4.78, 5) is 23.8. The zero-order chi connectivity index (χ0) is 18.1. The van der Waals surface area contributed by atoms with E-state index in [1.807, 2.05) is 24.3 Å². The molecule has 132 valence electrons. The number of benzene rings is 2. The van der Waals surface area contributed by atoms with E-state index in [4.69, 9.17) is 14.2 Å². The maximum Gasteiger partial charge on any atom is 0.339 e. The molecule has 25 heavy (non-hydrogen) atoms. The lowest BCUT2D eigenvalue weighted by Crippen LogP contribution is -2.16. The van der Waals surface area contributed by atoms with Crippen LogP contribution < -0.4 is 14.8 Å². The van der Waals surface area contributed by atoms with Gasteiger partial charge in [0.1, 0.15) is 0 Å². The number of nitrogens with one attached hydrogen (secondary N) is 1. The van der Waals surface area contributed by atoms with E-state index < -0.39 is 5.97 Å². The summed E-state index contributed by atoms with van der Waals surface area (Å²) in [5, 5.41) is 2.73. The fraction of sp³-hybridized carbons (Fsp3) is 0.263. The fourth-order valence-electron chi connectivity index (χ4n) is 2.25. The zero-order valence-electron chi connectivity index (χ0n) is 14.3. The van der Waals surface area contributed by atoms with Crippen molar-refractivity contribution in [3.05, 3.63) is 54.1 Å². The summed E-state index contributed by atoms with van der Waals surface area (Å²) in [6.45, 7) is 0.381. The van der Waals surface area contributed by atoms with Crippen LogP contribution >= 0.6 is 0 Å². The number of carbonyl (C=O) groups excluding carboxylic acids is 2. The number of ether oxygens (including phenoxy) is 3. The molecule has 0 bridgehead atoms.